The molecule has 0 spiro atoms. The fourth-order valence-corrected chi connectivity index (χ4v) is 3.65. The standard InChI is InChI=1S/C13H27ClO3S/c1-6-13(7-2,11-18(14,15)16)10-17-9-8-12(3,4)5/h6-11H2,1-5H3. The van der Waals surface area contributed by atoms with Crippen LogP contribution < -0.4 is 0 Å². The van der Waals surface area contributed by atoms with Crippen LogP contribution in [-0.4, -0.2) is 27.4 Å². The van der Waals surface area contributed by atoms with E-state index in [-0.39, 0.29) is 16.6 Å². The van der Waals surface area contributed by atoms with Crippen LogP contribution in [0.5, 0.6) is 0 Å². The Hall–Kier alpha value is 0.200. The highest BCUT2D eigenvalue weighted by molar-refractivity contribution is 8.13. The summed E-state index contributed by atoms with van der Waals surface area (Å²) < 4.78 is 28.2. The van der Waals surface area contributed by atoms with Crippen LogP contribution in [0, 0.1) is 10.8 Å². The van der Waals surface area contributed by atoms with Gasteiger partial charge < -0.3 is 4.74 Å². The van der Waals surface area contributed by atoms with Gasteiger partial charge in [0, 0.05) is 22.7 Å². The number of hydrogen-bond donors (Lipinski definition) is 0. The minimum atomic E-state index is -3.48. The van der Waals surface area contributed by atoms with Gasteiger partial charge in [0.2, 0.25) is 9.05 Å². The van der Waals surface area contributed by atoms with Crippen molar-refractivity contribution in [2.75, 3.05) is 19.0 Å². The average Bonchev–Trinajstić information content (AvgIpc) is 2.19. The summed E-state index contributed by atoms with van der Waals surface area (Å²) in [5, 5.41) is 0. The molecule has 0 aromatic carbocycles. The van der Waals surface area contributed by atoms with Crippen molar-refractivity contribution in [1.82, 2.24) is 0 Å². The minimum absolute atomic E-state index is 0.00985. The normalized spacial score (nSPS) is 13.9. The minimum Gasteiger partial charge on any atom is -0.381 e. The Morgan fingerprint density at radius 3 is 1.94 bits per heavy atom. The highest BCUT2D eigenvalue weighted by atomic mass is 35.7. The number of hydrogen-bond acceptors (Lipinski definition) is 3. The average molecular weight is 299 g/mol. The monoisotopic (exact) mass is 298 g/mol. The van der Waals surface area contributed by atoms with Crippen LogP contribution in [0.2, 0.25) is 0 Å². The van der Waals surface area contributed by atoms with Gasteiger partial charge in [-0.15, -0.1) is 0 Å². The quantitative estimate of drug-likeness (QED) is 0.505. The fourth-order valence-electron chi connectivity index (χ4n) is 1.73. The maximum Gasteiger partial charge on any atom is 0.233 e. The zero-order valence-corrected chi connectivity index (χ0v) is 13.8. The molecule has 3 nitrogen and oxygen atoms in total. The lowest BCUT2D eigenvalue weighted by Gasteiger charge is -2.30. The van der Waals surface area contributed by atoms with Crippen molar-refractivity contribution in [3.05, 3.63) is 0 Å². The van der Waals surface area contributed by atoms with Gasteiger partial charge >= 0.3 is 0 Å². The maximum atomic E-state index is 11.3. The van der Waals surface area contributed by atoms with Crippen molar-refractivity contribution < 1.29 is 13.2 Å². The van der Waals surface area contributed by atoms with Crippen LogP contribution in [0.1, 0.15) is 53.9 Å². The molecule has 0 aliphatic heterocycles. The van der Waals surface area contributed by atoms with Gasteiger partial charge in [-0.3, -0.25) is 0 Å². The molecule has 0 N–H and O–H groups in total. The van der Waals surface area contributed by atoms with E-state index in [4.69, 9.17) is 15.4 Å². The molecule has 0 fully saturated rings. The Balaban J connectivity index is 4.36. The number of rotatable bonds is 8. The molecule has 0 unspecified atom stereocenters. The summed E-state index contributed by atoms with van der Waals surface area (Å²) in [6, 6.07) is 0. The molecule has 0 atom stereocenters. The summed E-state index contributed by atoms with van der Waals surface area (Å²) in [6.07, 6.45) is 2.47. The van der Waals surface area contributed by atoms with Gasteiger partial charge in [-0.2, -0.15) is 0 Å². The van der Waals surface area contributed by atoms with Crippen molar-refractivity contribution in [2.24, 2.45) is 10.8 Å². The van der Waals surface area contributed by atoms with Crippen molar-refractivity contribution >= 4 is 19.7 Å². The first-order valence-corrected chi connectivity index (χ1v) is 9.01. The first-order valence-electron chi connectivity index (χ1n) is 6.54. The third-order valence-corrected chi connectivity index (χ3v) is 4.67. The van der Waals surface area contributed by atoms with Crippen LogP contribution in [-0.2, 0) is 13.8 Å². The molecule has 0 amide bonds. The highest BCUT2D eigenvalue weighted by Crippen LogP contribution is 2.30. The Morgan fingerprint density at radius 1 is 1.11 bits per heavy atom. The molecule has 0 radical (unpaired) electrons. The predicted molar refractivity (Wildman–Crippen MR) is 77.5 cm³/mol. The van der Waals surface area contributed by atoms with Crippen LogP contribution in [0.15, 0.2) is 0 Å². The summed E-state index contributed by atoms with van der Waals surface area (Å²) >= 11 is 0. The topological polar surface area (TPSA) is 43.4 Å². The second-order valence-electron chi connectivity index (χ2n) is 6.25. The molecule has 0 aliphatic carbocycles. The molecule has 5 heteroatoms. The molecule has 0 aromatic heterocycles. The van der Waals surface area contributed by atoms with Crippen LogP contribution in [0.3, 0.4) is 0 Å². The van der Waals surface area contributed by atoms with E-state index in [9.17, 15) is 8.42 Å². The second-order valence-corrected chi connectivity index (χ2v) is 9.03. The molecule has 0 rings (SSSR count). The van der Waals surface area contributed by atoms with Crippen molar-refractivity contribution in [1.29, 1.82) is 0 Å². The smallest absolute Gasteiger partial charge is 0.233 e. The fraction of sp³-hybridized carbons (Fsp3) is 1.00. The maximum absolute atomic E-state index is 11.3. The molecule has 18 heavy (non-hydrogen) atoms. The van der Waals surface area contributed by atoms with Gasteiger partial charge in [0.25, 0.3) is 0 Å². The van der Waals surface area contributed by atoms with E-state index in [1.165, 1.54) is 0 Å². The van der Waals surface area contributed by atoms with Gasteiger partial charge in [-0.1, -0.05) is 34.6 Å². The molecule has 0 bridgehead atoms. The van der Waals surface area contributed by atoms with Crippen molar-refractivity contribution in [3.63, 3.8) is 0 Å². The first-order chi connectivity index (χ1) is 8.04. The number of halogens is 1. The SMILES string of the molecule is CCC(CC)(COCCC(C)(C)C)CS(=O)(=O)Cl. The largest absolute Gasteiger partial charge is 0.381 e. The second kappa shape index (κ2) is 7.11. The van der Waals surface area contributed by atoms with Crippen LogP contribution in [0.4, 0.5) is 0 Å². The molecular formula is C13H27ClO3S. The predicted octanol–water partition coefficient (Wildman–Crippen LogP) is 3.81. The molecular weight excluding hydrogens is 272 g/mol. The molecule has 0 aromatic rings. The number of ether oxygens (including phenoxy) is 1. The first kappa shape index (κ1) is 18.2. The lowest BCUT2D eigenvalue weighted by atomic mass is 9.85. The Morgan fingerprint density at radius 2 is 1.61 bits per heavy atom. The van der Waals surface area contributed by atoms with E-state index in [1.807, 2.05) is 13.8 Å². The summed E-state index contributed by atoms with van der Waals surface area (Å²) in [4.78, 5) is 0. The Kier molecular flexibility index (Phi) is 7.19. The molecule has 0 saturated carbocycles. The zero-order chi connectivity index (χ0) is 14.4. The van der Waals surface area contributed by atoms with E-state index in [1.54, 1.807) is 0 Å². The Labute approximate surface area is 117 Å². The van der Waals surface area contributed by atoms with Crippen molar-refractivity contribution in [2.45, 2.75) is 53.9 Å². The van der Waals surface area contributed by atoms with Crippen LogP contribution >= 0.6 is 10.7 Å². The molecule has 0 aliphatic rings. The van der Waals surface area contributed by atoms with Gasteiger partial charge in [0.05, 0.1) is 12.4 Å². The van der Waals surface area contributed by atoms with Gasteiger partial charge in [0.15, 0.2) is 0 Å². The third-order valence-electron chi connectivity index (χ3n) is 3.38. The van der Waals surface area contributed by atoms with E-state index >= 15 is 0 Å². The highest BCUT2D eigenvalue weighted by Gasteiger charge is 2.32. The molecule has 0 heterocycles. The summed E-state index contributed by atoms with van der Waals surface area (Å²) in [6.45, 7) is 11.6. The summed E-state index contributed by atoms with van der Waals surface area (Å²) in [5.41, 5.74) is -0.113. The van der Waals surface area contributed by atoms with E-state index in [0.717, 1.165) is 19.3 Å². The lowest BCUT2D eigenvalue weighted by molar-refractivity contribution is 0.0375. The Bertz CT molecular complexity index is 327. The zero-order valence-electron chi connectivity index (χ0n) is 12.3. The third kappa shape index (κ3) is 8.33. The van der Waals surface area contributed by atoms with E-state index in [0.29, 0.717) is 13.2 Å². The van der Waals surface area contributed by atoms with E-state index in [2.05, 4.69) is 20.8 Å². The van der Waals surface area contributed by atoms with Gasteiger partial charge in [0.1, 0.15) is 0 Å². The summed E-state index contributed by atoms with van der Waals surface area (Å²) in [5.74, 6) is -0.00985. The molecule has 110 valence electrons. The van der Waals surface area contributed by atoms with Gasteiger partial charge in [-0.25, -0.2) is 8.42 Å². The van der Waals surface area contributed by atoms with Crippen molar-refractivity contribution in [3.8, 4) is 0 Å². The van der Waals surface area contributed by atoms with Gasteiger partial charge in [-0.05, 0) is 24.7 Å². The van der Waals surface area contributed by atoms with E-state index < -0.39 is 9.05 Å². The summed E-state index contributed by atoms with van der Waals surface area (Å²) in [7, 11) is 1.90. The lowest BCUT2D eigenvalue weighted by Crippen LogP contribution is -2.33. The van der Waals surface area contributed by atoms with Crippen LogP contribution in [0.25, 0.3) is 0 Å². The molecule has 0 saturated heterocycles.